The maximum Gasteiger partial charge on any atom is 0.0666 e. The van der Waals surface area contributed by atoms with E-state index in [9.17, 15) is 0 Å². The van der Waals surface area contributed by atoms with Gasteiger partial charge in [-0.3, -0.25) is 0 Å². The average molecular weight is 293 g/mol. The second-order valence-electron chi connectivity index (χ2n) is 4.39. The Morgan fingerprint density at radius 3 is 2.50 bits per heavy atom. The molecule has 0 aromatic heterocycles. The Bertz CT molecular complexity index is 330. The molecule has 104 valence electrons. The first kappa shape index (κ1) is 17.4. The van der Waals surface area contributed by atoms with E-state index in [1.807, 2.05) is 12.1 Å². The largest absolute Gasteiger partial charge is 0.399 e. The zero-order valence-corrected chi connectivity index (χ0v) is 12.3. The van der Waals surface area contributed by atoms with Crippen LogP contribution in [0.25, 0.3) is 0 Å². The monoisotopic (exact) mass is 292 g/mol. The van der Waals surface area contributed by atoms with Crippen molar-refractivity contribution in [3.63, 3.8) is 0 Å². The van der Waals surface area contributed by atoms with Gasteiger partial charge in [-0.15, -0.1) is 24.8 Å². The Labute approximate surface area is 121 Å². The average Bonchev–Trinajstić information content (AvgIpc) is 2.32. The van der Waals surface area contributed by atoms with Crippen LogP contribution in [0.15, 0.2) is 24.3 Å². The molecule has 1 heterocycles. The van der Waals surface area contributed by atoms with Crippen LogP contribution in [0.1, 0.15) is 19.3 Å². The third-order valence-electron chi connectivity index (χ3n) is 3.21. The number of benzene rings is 1. The fourth-order valence-corrected chi connectivity index (χ4v) is 2.37. The summed E-state index contributed by atoms with van der Waals surface area (Å²) in [7, 11) is 1.77. The summed E-state index contributed by atoms with van der Waals surface area (Å²) in [5, 5.41) is 0. The van der Waals surface area contributed by atoms with Crippen LogP contribution < -0.4 is 10.6 Å². The molecule has 0 saturated carbocycles. The number of rotatable bonds is 3. The zero-order valence-electron chi connectivity index (χ0n) is 10.7. The minimum atomic E-state index is 0. The number of anilines is 2. The maximum atomic E-state index is 5.71. The van der Waals surface area contributed by atoms with E-state index in [2.05, 4.69) is 17.0 Å². The van der Waals surface area contributed by atoms with Gasteiger partial charge in [-0.05, 0) is 43.5 Å². The molecule has 1 aliphatic heterocycles. The molecule has 1 aliphatic rings. The predicted octanol–water partition coefficient (Wildman–Crippen LogP) is 3.12. The van der Waals surface area contributed by atoms with E-state index in [0.29, 0.717) is 6.04 Å². The molecule has 1 saturated heterocycles. The molecule has 0 spiro atoms. The van der Waals surface area contributed by atoms with Gasteiger partial charge in [-0.2, -0.15) is 0 Å². The predicted molar refractivity (Wildman–Crippen MR) is 82.2 cm³/mol. The number of nitrogen functional groups attached to an aromatic ring is 1. The van der Waals surface area contributed by atoms with Crippen LogP contribution in [0.3, 0.4) is 0 Å². The van der Waals surface area contributed by atoms with E-state index in [1.54, 1.807) is 7.11 Å². The fraction of sp³-hybridized carbons (Fsp3) is 0.538. The number of ether oxygens (including phenoxy) is 1. The Hall–Kier alpha value is -0.640. The normalized spacial score (nSPS) is 18.7. The summed E-state index contributed by atoms with van der Waals surface area (Å²) in [4.78, 5) is 2.44. The maximum absolute atomic E-state index is 5.71. The summed E-state index contributed by atoms with van der Waals surface area (Å²) in [5.74, 6) is 0. The number of halogens is 2. The minimum Gasteiger partial charge on any atom is -0.399 e. The minimum absolute atomic E-state index is 0. The highest BCUT2D eigenvalue weighted by atomic mass is 35.5. The van der Waals surface area contributed by atoms with Crippen molar-refractivity contribution in [2.45, 2.75) is 25.3 Å². The Kier molecular flexibility index (Phi) is 8.16. The molecular weight excluding hydrogens is 271 g/mol. The van der Waals surface area contributed by atoms with Gasteiger partial charge in [0, 0.05) is 25.0 Å². The smallest absolute Gasteiger partial charge is 0.0666 e. The van der Waals surface area contributed by atoms with Gasteiger partial charge in [-0.25, -0.2) is 0 Å². The lowest BCUT2D eigenvalue weighted by molar-refractivity contribution is 0.166. The highest BCUT2D eigenvalue weighted by Gasteiger charge is 2.22. The van der Waals surface area contributed by atoms with Crippen molar-refractivity contribution in [3.8, 4) is 0 Å². The topological polar surface area (TPSA) is 38.5 Å². The second-order valence-corrected chi connectivity index (χ2v) is 4.39. The van der Waals surface area contributed by atoms with Crippen molar-refractivity contribution in [2.24, 2.45) is 0 Å². The number of nitrogens with zero attached hydrogens (tertiary/aromatic N) is 1. The molecule has 2 N–H and O–H groups in total. The first-order valence-corrected chi connectivity index (χ1v) is 5.92. The van der Waals surface area contributed by atoms with Gasteiger partial charge in [0.1, 0.15) is 0 Å². The van der Waals surface area contributed by atoms with E-state index in [1.165, 1.54) is 24.9 Å². The number of hydrogen-bond acceptors (Lipinski definition) is 3. The third kappa shape index (κ3) is 4.23. The standard InChI is InChI=1S/C13H20N2O.2ClH/c1-16-10-13-4-2-3-9-15(13)12-7-5-11(14)6-8-12;;/h5-8,13H,2-4,9-10,14H2,1H3;2*1H. The molecule has 1 fully saturated rings. The lowest BCUT2D eigenvalue weighted by Gasteiger charge is -2.37. The molecule has 1 aromatic carbocycles. The summed E-state index contributed by atoms with van der Waals surface area (Å²) in [5.41, 5.74) is 7.79. The van der Waals surface area contributed by atoms with Gasteiger partial charge >= 0.3 is 0 Å². The quantitative estimate of drug-likeness (QED) is 0.870. The molecule has 1 unspecified atom stereocenters. The summed E-state index contributed by atoms with van der Waals surface area (Å²) < 4.78 is 5.29. The summed E-state index contributed by atoms with van der Waals surface area (Å²) in [6.45, 7) is 1.93. The molecule has 3 nitrogen and oxygen atoms in total. The van der Waals surface area contributed by atoms with E-state index in [-0.39, 0.29) is 24.8 Å². The van der Waals surface area contributed by atoms with Crippen molar-refractivity contribution >= 4 is 36.2 Å². The lowest BCUT2D eigenvalue weighted by Crippen LogP contribution is -2.42. The highest BCUT2D eigenvalue weighted by Crippen LogP contribution is 2.25. The van der Waals surface area contributed by atoms with Crippen LogP contribution in [0.4, 0.5) is 11.4 Å². The number of piperidine rings is 1. The first-order valence-electron chi connectivity index (χ1n) is 5.92. The van der Waals surface area contributed by atoms with Crippen LogP contribution in [0.2, 0.25) is 0 Å². The van der Waals surface area contributed by atoms with Gasteiger partial charge in [0.2, 0.25) is 0 Å². The van der Waals surface area contributed by atoms with Crippen LogP contribution in [0.5, 0.6) is 0 Å². The van der Waals surface area contributed by atoms with Crippen LogP contribution in [-0.2, 0) is 4.74 Å². The number of nitrogens with two attached hydrogens (primary N) is 1. The molecular formula is C13H22Cl2N2O. The summed E-state index contributed by atoms with van der Waals surface area (Å²) >= 11 is 0. The number of methoxy groups -OCH3 is 1. The second kappa shape index (κ2) is 8.46. The summed E-state index contributed by atoms with van der Waals surface area (Å²) in [6, 6.07) is 8.65. The Morgan fingerprint density at radius 1 is 1.22 bits per heavy atom. The molecule has 0 bridgehead atoms. The van der Waals surface area contributed by atoms with Gasteiger partial charge in [0.05, 0.1) is 12.6 Å². The van der Waals surface area contributed by atoms with E-state index in [0.717, 1.165) is 18.8 Å². The van der Waals surface area contributed by atoms with Gasteiger partial charge in [0.25, 0.3) is 0 Å². The Balaban J connectivity index is 0.00000144. The van der Waals surface area contributed by atoms with E-state index in [4.69, 9.17) is 10.5 Å². The zero-order chi connectivity index (χ0) is 11.4. The number of hydrogen-bond donors (Lipinski definition) is 1. The molecule has 2 rings (SSSR count). The van der Waals surface area contributed by atoms with Crippen LogP contribution >= 0.6 is 24.8 Å². The van der Waals surface area contributed by atoms with Crippen LogP contribution in [-0.4, -0.2) is 26.3 Å². The molecule has 1 aromatic rings. The van der Waals surface area contributed by atoms with E-state index >= 15 is 0 Å². The van der Waals surface area contributed by atoms with Crippen molar-refractivity contribution < 1.29 is 4.74 Å². The van der Waals surface area contributed by atoms with Gasteiger partial charge < -0.3 is 15.4 Å². The SMILES string of the molecule is COCC1CCCCN1c1ccc(N)cc1.Cl.Cl. The summed E-state index contributed by atoms with van der Waals surface area (Å²) in [6.07, 6.45) is 3.79. The Morgan fingerprint density at radius 2 is 1.89 bits per heavy atom. The van der Waals surface area contributed by atoms with Gasteiger partial charge in [0.15, 0.2) is 0 Å². The van der Waals surface area contributed by atoms with Crippen LogP contribution in [0, 0.1) is 0 Å². The van der Waals surface area contributed by atoms with Gasteiger partial charge in [-0.1, -0.05) is 0 Å². The molecule has 0 amide bonds. The highest BCUT2D eigenvalue weighted by molar-refractivity contribution is 5.85. The third-order valence-corrected chi connectivity index (χ3v) is 3.21. The van der Waals surface area contributed by atoms with Crippen molar-refractivity contribution in [3.05, 3.63) is 24.3 Å². The molecule has 18 heavy (non-hydrogen) atoms. The van der Waals surface area contributed by atoms with Crippen molar-refractivity contribution in [2.75, 3.05) is 30.9 Å². The molecule has 0 aliphatic carbocycles. The first-order chi connectivity index (χ1) is 7.81. The molecule has 1 atom stereocenters. The lowest BCUT2D eigenvalue weighted by atomic mass is 10.0. The molecule has 5 heteroatoms. The van der Waals surface area contributed by atoms with Crippen molar-refractivity contribution in [1.29, 1.82) is 0 Å². The fourth-order valence-electron chi connectivity index (χ4n) is 2.37. The van der Waals surface area contributed by atoms with E-state index < -0.39 is 0 Å². The van der Waals surface area contributed by atoms with Crippen molar-refractivity contribution in [1.82, 2.24) is 0 Å². The molecule has 0 radical (unpaired) electrons.